The van der Waals surface area contributed by atoms with Gasteiger partial charge < -0.3 is 16.4 Å². The summed E-state index contributed by atoms with van der Waals surface area (Å²) in [4.78, 5) is 35.3. The van der Waals surface area contributed by atoms with Gasteiger partial charge in [0.25, 0.3) is 0 Å². The van der Waals surface area contributed by atoms with E-state index in [1.165, 1.54) is 6.92 Å². The van der Waals surface area contributed by atoms with Crippen molar-refractivity contribution in [3.8, 4) is 6.07 Å². The van der Waals surface area contributed by atoms with Gasteiger partial charge in [0.2, 0.25) is 17.7 Å². The molecule has 1 rings (SSSR count). The lowest BCUT2D eigenvalue weighted by Crippen LogP contribution is -2.53. The Hall–Kier alpha value is -2.88. The molecular formula is C17H22N4O3. The van der Waals surface area contributed by atoms with Gasteiger partial charge >= 0.3 is 0 Å². The van der Waals surface area contributed by atoms with Gasteiger partial charge in [-0.05, 0) is 18.9 Å². The maximum Gasteiger partial charge on any atom is 0.243 e. The van der Waals surface area contributed by atoms with E-state index >= 15 is 0 Å². The Morgan fingerprint density at radius 2 is 1.79 bits per heavy atom. The minimum atomic E-state index is -0.959. The van der Waals surface area contributed by atoms with E-state index in [0.29, 0.717) is 0 Å². The van der Waals surface area contributed by atoms with E-state index in [1.807, 2.05) is 36.4 Å². The van der Waals surface area contributed by atoms with Gasteiger partial charge in [-0.2, -0.15) is 5.26 Å². The van der Waals surface area contributed by atoms with E-state index in [1.54, 1.807) is 6.92 Å². The Morgan fingerprint density at radius 3 is 2.29 bits per heavy atom. The third-order valence-corrected chi connectivity index (χ3v) is 3.45. The topological polar surface area (TPSA) is 125 Å². The van der Waals surface area contributed by atoms with Crippen molar-refractivity contribution in [3.63, 3.8) is 0 Å². The second-order valence-electron chi connectivity index (χ2n) is 5.67. The summed E-state index contributed by atoms with van der Waals surface area (Å²) in [6.07, 6.45) is 0.404. The van der Waals surface area contributed by atoms with Gasteiger partial charge in [0, 0.05) is 19.3 Å². The fourth-order valence-electron chi connectivity index (χ4n) is 2.23. The molecule has 1 aromatic carbocycles. The molecule has 0 bridgehead atoms. The first-order valence-corrected chi connectivity index (χ1v) is 7.63. The van der Waals surface area contributed by atoms with Crippen LogP contribution in [0.2, 0.25) is 0 Å². The van der Waals surface area contributed by atoms with Crippen molar-refractivity contribution in [1.29, 1.82) is 5.26 Å². The molecule has 7 heteroatoms. The van der Waals surface area contributed by atoms with Crippen molar-refractivity contribution in [1.82, 2.24) is 10.6 Å². The monoisotopic (exact) mass is 330 g/mol. The molecule has 0 aliphatic carbocycles. The SMILES string of the molecule is CC(=O)N[C@H](Cc1ccccc1)C(=O)N[C@H](C[C@@H](C)C#N)C(N)=O. The molecule has 4 N–H and O–H groups in total. The number of nitrogens with zero attached hydrogens (tertiary/aromatic N) is 1. The van der Waals surface area contributed by atoms with E-state index in [4.69, 9.17) is 11.0 Å². The molecule has 0 aliphatic rings. The number of primary amides is 1. The third kappa shape index (κ3) is 6.48. The van der Waals surface area contributed by atoms with Crippen molar-refractivity contribution >= 4 is 17.7 Å². The first-order chi connectivity index (χ1) is 11.3. The number of amides is 3. The lowest BCUT2D eigenvalue weighted by Gasteiger charge is -2.22. The number of carbonyl (C=O) groups is 3. The highest BCUT2D eigenvalue weighted by atomic mass is 16.2. The molecule has 0 aliphatic heterocycles. The van der Waals surface area contributed by atoms with Crippen molar-refractivity contribution < 1.29 is 14.4 Å². The molecule has 24 heavy (non-hydrogen) atoms. The Bertz CT molecular complexity index is 624. The zero-order chi connectivity index (χ0) is 18.1. The van der Waals surface area contributed by atoms with E-state index in [0.717, 1.165) is 5.56 Å². The summed E-state index contributed by atoms with van der Waals surface area (Å²) in [7, 11) is 0. The van der Waals surface area contributed by atoms with E-state index in [9.17, 15) is 14.4 Å². The van der Waals surface area contributed by atoms with Gasteiger partial charge in [0.1, 0.15) is 12.1 Å². The van der Waals surface area contributed by atoms with Gasteiger partial charge in [-0.25, -0.2) is 0 Å². The molecule has 0 heterocycles. The van der Waals surface area contributed by atoms with Crippen LogP contribution in [0.25, 0.3) is 0 Å². The van der Waals surface area contributed by atoms with Crippen LogP contribution in [0.5, 0.6) is 0 Å². The molecule has 3 atom stereocenters. The summed E-state index contributed by atoms with van der Waals surface area (Å²) >= 11 is 0. The average Bonchev–Trinajstić information content (AvgIpc) is 2.53. The molecule has 128 valence electrons. The van der Waals surface area contributed by atoms with Crippen LogP contribution in [0, 0.1) is 17.2 Å². The molecule has 0 spiro atoms. The zero-order valence-electron chi connectivity index (χ0n) is 13.8. The van der Waals surface area contributed by atoms with Crippen LogP contribution in [0.1, 0.15) is 25.8 Å². The minimum Gasteiger partial charge on any atom is -0.368 e. The number of nitriles is 1. The smallest absolute Gasteiger partial charge is 0.243 e. The van der Waals surface area contributed by atoms with Crippen LogP contribution in [0.3, 0.4) is 0 Å². The molecule has 3 amide bonds. The summed E-state index contributed by atoms with van der Waals surface area (Å²) in [5.41, 5.74) is 6.16. The van der Waals surface area contributed by atoms with Crippen molar-refractivity contribution in [3.05, 3.63) is 35.9 Å². The minimum absolute atomic E-state index is 0.121. The van der Waals surface area contributed by atoms with Gasteiger partial charge in [-0.3, -0.25) is 14.4 Å². The highest BCUT2D eigenvalue weighted by molar-refractivity contribution is 5.91. The maximum absolute atomic E-state index is 12.5. The largest absolute Gasteiger partial charge is 0.368 e. The van der Waals surface area contributed by atoms with E-state index in [2.05, 4.69) is 10.6 Å². The van der Waals surface area contributed by atoms with Crippen LogP contribution in [0.15, 0.2) is 30.3 Å². The predicted molar refractivity (Wildman–Crippen MR) is 88.3 cm³/mol. The molecule has 0 radical (unpaired) electrons. The summed E-state index contributed by atoms with van der Waals surface area (Å²) in [6.45, 7) is 2.95. The number of benzene rings is 1. The second-order valence-corrected chi connectivity index (χ2v) is 5.67. The van der Waals surface area contributed by atoms with Crippen molar-refractivity contribution in [2.75, 3.05) is 0 Å². The molecule has 0 saturated heterocycles. The Balaban J connectivity index is 2.84. The van der Waals surface area contributed by atoms with Crippen LogP contribution in [0.4, 0.5) is 0 Å². The van der Waals surface area contributed by atoms with Gasteiger partial charge in [0.05, 0.1) is 6.07 Å². The Morgan fingerprint density at radius 1 is 1.17 bits per heavy atom. The molecule has 7 nitrogen and oxygen atoms in total. The summed E-state index contributed by atoms with van der Waals surface area (Å²) in [6, 6.07) is 9.40. The third-order valence-electron chi connectivity index (χ3n) is 3.45. The molecule has 0 aromatic heterocycles. The predicted octanol–water partition coefficient (Wildman–Crippen LogP) is 0.254. The van der Waals surface area contributed by atoms with Crippen LogP contribution in [-0.2, 0) is 20.8 Å². The summed E-state index contributed by atoms with van der Waals surface area (Å²) in [5, 5.41) is 14.0. The van der Waals surface area contributed by atoms with Crippen LogP contribution < -0.4 is 16.4 Å². The van der Waals surface area contributed by atoms with Crippen molar-refractivity contribution in [2.45, 2.75) is 38.8 Å². The molecular weight excluding hydrogens is 308 g/mol. The quantitative estimate of drug-likeness (QED) is 0.632. The fraction of sp³-hybridized carbons (Fsp3) is 0.412. The van der Waals surface area contributed by atoms with Crippen molar-refractivity contribution in [2.24, 2.45) is 11.7 Å². The van der Waals surface area contributed by atoms with Crippen LogP contribution >= 0.6 is 0 Å². The maximum atomic E-state index is 12.5. The lowest BCUT2D eigenvalue weighted by atomic mass is 10.0. The fourth-order valence-corrected chi connectivity index (χ4v) is 2.23. The van der Waals surface area contributed by atoms with E-state index in [-0.39, 0.29) is 18.7 Å². The number of carbonyl (C=O) groups excluding carboxylic acids is 3. The summed E-state index contributed by atoms with van der Waals surface area (Å²) in [5.74, 6) is -2.02. The van der Waals surface area contributed by atoms with Gasteiger partial charge in [-0.1, -0.05) is 30.3 Å². The first-order valence-electron chi connectivity index (χ1n) is 7.63. The number of nitrogens with one attached hydrogen (secondary N) is 2. The molecule has 0 saturated carbocycles. The normalized spacial score (nSPS) is 13.9. The summed E-state index contributed by atoms with van der Waals surface area (Å²) < 4.78 is 0. The average molecular weight is 330 g/mol. The lowest BCUT2D eigenvalue weighted by molar-refractivity contribution is -0.131. The number of rotatable bonds is 8. The molecule has 0 unspecified atom stereocenters. The Labute approximate surface area is 141 Å². The van der Waals surface area contributed by atoms with Gasteiger partial charge in [-0.15, -0.1) is 0 Å². The zero-order valence-corrected chi connectivity index (χ0v) is 13.8. The highest BCUT2D eigenvalue weighted by Crippen LogP contribution is 2.07. The van der Waals surface area contributed by atoms with Gasteiger partial charge in [0.15, 0.2) is 0 Å². The number of hydrogen-bond donors (Lipinski definition) is 3. The highest BCUT2D eigenvalue weighted by Gasteiger charge is 2.26. The van der Waals surface area contributed by atoms with Crippen LogP contribution in [-0.4, -0.2) is 29.8 Å². The molecule has 1 aromatic rings. The first kappa shape index (κ1) is 19.2. The molecule has 0 fully saturated rings. The standard InChI is InChI=1S/C17H22N4O3/c1-11(10-18)8-14(16(19)23)21-17(24)15(20-12(2)22)9-13-6-4-3-5-7-13/h3-7,11,14-15H,8-9H2,1-2H3,(H2,19,23)(H,20,22)(H,21,24)/t11-,14-,15-/m1/s1. The second kappa shape index (κ2) is 9.30. The number of hydrogen-bond acceptors (Lipinski definition) is 4. The number of nitrogens with two attached hydrogens (primary N) is 1. The van der Waals surface area contributed by atoms with E-state index < -0.39 is 29.8 Å². The Kier molecular flexibility index (Phi) is 7.43.